The molecule has 0 unspecified atom stereocenters. The van der Waals surface area contributed by atoms with Gasteiger partial charge in [-0.15, -0.1) is 0 Å². The SMILES string of the molecule is CC[C@H](C)[C@@H]([C@@H](CC(=O)N1CCC[C@H]1[C@H](OC)[C@@H](C)C(=O)N(C)CCc1cccc(NC(=O)[C@H](C)NC(=O)[C@H](C)N)c1)OC)N(C)C(=O)[C@@H](NC(=O)CN(C)C)C(C)C. The molecule has 0 aliphatic carbocycles. The van der Waals surface area contributed by atoms with E-state index in [1.807, 2.05) is 52.8 Å². The van der Waals surface area contributed by atoms with Crippen molar-refractivity contribution in [1.82, 2.24) is 30.2 Å². The Bertz CT molecular complexity index is 1560. The van der Waals surface area contributed by atoms with Crippen molar-refractivity contribution < 1.29 is 38.2 Å². The molecule has 1 heterocycles. The molecule has 0 saturated carbocycles. The minimum absolute atomic E-state index is 0.0223. The van der Waals surface area contributed by atoms with Crippen LogP contribution in [0.25, 0.3) is 0 Å². The number of nitrogens with one attached hydrogen (secondary N) is 3. The summed E-state index contributed by atoms with van der Waals surface area (Å²) in [6.45, 7) is 13.9. The third kappa shape index (κ3) is 14.8. The monoisotopic (exact) mass is 831 g/mol. The Morgan fingerprint density at radius 3 is 2.14 bits per heavy atom. The number of nitrogens with two attached hydrogens (primary N) is 1. The quantitative estimate of drug-likeness (QED) is 0.127. The first-order valence-electron chi connectivity index (χ1n) is 20.9. The number of anilines is 1. The number of likely N-dealkylation sites (tertiary alicyclic amines) is 1. The normalized spacial score (nSPS) is 18.2. The van der Waals surface area contributed by atoms with Gasteiger partial charge in [0.25, 0.3) is 0 Å². The summed E-state index contributed by atoms with van der Waals surface area (Å²) in [6, 6.07) is 4.28. The van der Waals surface area contributed by atoms with Crippen molar-refractivity contribution in [2.45, 2.75) is 123 Å². The van der Waals surface area contributed by atoms with Crippen molar-refractivity contribution in [3.8, 4) is 0 Å². The van der Waals surface area contributed by atoms with E-state index in [4.69, 9.17) is 15.2 Å². The molecular weight excluding hydrogens is 757 g/mol. The van der Waals surface area contributed by atoms with E-state index < -0.39 is 48.2 Å². The fraction of sp³-hybridized carbons (Fsp3) is 0.721. The lowest BCUT2D eigenvalue weighted by molar-refractivity contribution is -0.149. The topological polar surface area (TPSA) is 196 Å². The van der Waals surface area contributed by atoms with Gasteiger partial charge in [-0.25, -0.2) is 0 Å². The van der Waals surface area contributed by atoms with Gasteiger partial charge in [0.15, 0.2) is 0 Å². The number of likely N-dealkylation sites (N-methyl/N-ethyl adjacent to an activating group) is 3. The summed E-state index contributed by atoms with van der Waals surface area (Å²) < 4.78 is 12.0. The average molecular weight is 831 g/mol. The van der Waals surface area contributed by atoms with Crippen molar-refractivity contribution >= 4 is 41.1 Å². The third-order valence-corrected chi connectivity index (χ3v) is 11.4. The van der Waals surface area contributed by atoms with Crippen molar-refractivity contribution in [1.29, 1.82) is 0 Å². The maximum Gasteiger partial charge on any atom is 0.246 e. The van der Waals surface area contributed by atoms with Crippen LogP contribution < -0.4 is 21.7 Å². The van der Waals surface area contributed by atoms with Gasteiger partial charge in [0.05, 0.1) is 49.2 Å². The summed E-state index contributed by atoms with van der Waals surface area (Å²) in [5.41, 5.74) is 7.07. The zero-order valence-corrected chi connectivity index (χ0v) is 37.9. The van der Waals surface area contributed by atoms with Gasteiger partial charge in [0.2, 0.25) is 35.4 Å². The minimum atomic E-state index is -0.778. The summed E-state index contributed by atoms with van der Waals surface area (Å²) in [4.78, 5) is 86.2. The van der Waals surface area contributed by atoms with Crippen molar-refractivity contribution in [3.63, 3.8) is 0 Å². The number of amides is 6. The predicted octanol–water partition coefficient (Wildman–Crippen LogP) is 2.10. The predicted molar refractivity (Wildman–Crippen MR) is 229 cm³/mol. The number of hydrogen-bond acceptors (Lipinski definition) is 10. The van der Waals surface area contributed by atoms with Crippen LogP contribution in [0, 0.1) is 17.8 Å². The maximum atomic E-state index is 14.2. The summed E-state index contributed by atoms with van der Waals surface area (Å²) >= 11 is 0. The Kier molecular flexibility index (Phi) is 20.9. The highest BCUT2D eigenvalue weighted by Crippen LogP contribution is 2.30. The molecule has 16 nitrogen and oxygen atoms in total. The lowest BCUT2D eigenvalue weighted by atomic mass is 9.89. The zero-order chi connectivity index (χ0) is 44.7. The van der Waals surface area contributed by atoms with Crippen LogP contribution in [0.3, 0.4) is 0 Å². The molecule has 334 valence electrons. The van der Waals surface area contributed by atoms with Crippen LogP contribution in [-0.2, 0) is 44.7 Å². The van der Waals surface area contributed by atoms with Crippen LogP contribution in [0.5, 0.6) is 0 Å². The molecule has 2 rings (SSSR count). The standard InChI is InChI=1S/C43H74N8O8/c1-14-27(4)38(50(11)43(57)37(26(2)3)47-35(52)25-48(8)9)34(58-12)24-36(53)51-21-16-19-33(51)39(59-13)28(5)42(56)49(10)22-20-31-17-15-18-32(23-31)46-41(55)30(7)45-40(54)29(6)44/h15,17-18,23,26-30,33-34,37-39H,14,16,19-22,24-25,44H2,1-13H3,(H,45,54)(H,46,55)(H,47,52)/t27-,28+,29-,30-,33-,34+,37-,38-,39+/m0/s1. The molecule has 1 aromatic carbocycles. The molecule has 6 amide bonds. The number of rotatable bonds is 23. The van der Waals surface area contributed by atoms with Crippen LogP contribution in [-0.4, -0.2) is 160 Å². The van der Waals surface area contributed by atoms with Gasteiger partial charge >= 0.3 is 0 Å². The number of ether oxygens (including phenoxy) is 2. The van der Waals surface area contributed by atoms with Crippen molar-refractivity contribution in [2.24, 2.45) is 23.5 Å². The highest BCUT2D eigenvalue weighted by atomic mass is 16.5. The molecular formula is C43H74N8O8. The second-order valence-electron chi connectivity index (χ2n) is 16.8. The van der Waals surface area contributed by atoms with Gasteiger partial charge in [0.1, 0.15) is 12.1 Å². The first-order valence-corrected chi connectivity index (χ1v) is 20.9. The first kappa shape index (κ1) is 51.0. The molecule has 1 aliphatic rings. The number of carbonyl (C=O) groups is 6. The summed E-state index contributed by atoms with van der Waals surface area (Å²) in [7, 11) is 10.2. The van der Waals surface area contributed by atoms with Gasteiger partial charge < -0.3 is 50.8 Å². The number of methoxy groups -OCH3 is 2. The second kappa shape index (κ2) is 24.2. The van der Waals surface area contributed by atoms with Crippen LogP contribution in [0.1, 0.15) is 79.7 Å². The van der Waals surface area contributed by atoms with Crippen LogP contribution in [0.4, 0.5) is 5.69 Å². The number of hydrogen-bond donors (Lipinski definition) is 4. The Labute approximate surface area is 352 Å². The lowest BCUT2D eigenvalue weighted by Gasteiger charge is -2.41. The highest BCUT2D eigenvalue weighted by Gasteiger charge is 2.43. The van der Waals surface area contributed by atoms with E-state index in [1.165, 1.54) is 0 Å². The maximum absolute atomic E-state index is 14.2. The Morgan fingerprint density at radius 2 is 1.58 bits per heavy atom. The summed E-state index contributed by atoms with van der Waals surface area (Å²) in [5.74, 6) is -2.30. The molecule has 0 bridgehead atoms. The molecule has 1 aliphatic heterocycles. The molecule has 5 N–H and O–H groups in total. The fourth-order valence-corrected chi connectivity index (χ4v) is 7.76. The summed E-state index contributed by atoms with van der Waals surface area (Å²) in [5, 5.41) is 8.31. The van der Waals surface area contributed by atoms with Crippen molar-refractivity contribution in [3.05, 3.63) is 29.8 Å². The third-order valence-electron chi connectivity index (χ3n) is 11.4. The van der Waals surface area contributed by atoms with E-state index in [0.29, 0.717) is 31.6 Å². The van der Waals surface area contributed by atoms with E-state index >= 15 is 0 Å². The molecule has 59 heavy (non-hydrogen) atoms. The molecule has 16 heteroatoms. The highest BCUT2D eigenvalue weighted by molar-refractivity contribution is 5.97. The van der Waals surface area contributed by atoms with E-state index in [9.17, 15) is 28.8 Å². The number of benzene rings is 1. The summed E-state index contributed by atoms with van der Waals surface area (Å²) in [6.07, 6.45) is 1.52. The van der Waals surface area contributed by atoms with E-state index in [1.54, 1.807) is 81.9 Å². The van der Waals surface area contributed by atoms with Crippen LogP contribution >= 0.6 is 0 Å². The molecule has 9 atom stereocenters. The minimum Gasteiger partial charge on any atom is -0.379 e. The number of nitrogens with zero attached hydrogens (tertiary/aromatic N) is 4. The Balaban J connectivity index is 2.15. The lowest BCUT2D eigenvalue weighted by Crippen LogP contribution is -2.58. The van der Waals surface area contributed by atoms with Gasteiger partial charge in [-0.3, -0.25) is 28.8 Å². The zero-order valence-electron chi connectivity index (χ0n) is 37.9. The molecule has 0 spiro atoms. The van der Waals surface area contributed by atoms with E-state index in [2.05, 4.69) is 16.0 Å². The van der Waals surface area contributed by atoms with Gasteiger partial charge in [-0.1, -0.05) is 53.2 Å². The molecule has 0 radical (unpaired) electrons. The van der Waals surface area contributed by atoms with Crippen molar-refractivity contribution in [2.75, 3.05) is 67.4 Å². The average Bonchev–Trinajstić information content (AvgIpc) is 3.67. The van der Waals surface area contributed by atoms with E-state index in [-0.39, 0.29) is 60.4 Å². The first-order chi connectivity index (χ1) is 27.7. The number of carbonyl (C=O) groups excluding carboxylic acids is 6. The smallest absolute Gasteiger partial charge is 0.246 e. The van der Waals surface area contributed by atoms with Gasteiger partial charge in [0, 0.05) is 47.1 Å². The molecule has 0 aromatic heterocycles. The largest absolute Gasteiger partial charge is 0.379 e. The molecule has 1 fully saturated rings. The van der Waals surface area contributed by atoms with E-state index in [0.717, 1.165) is 18.4 Å². The molecule has 1 saturated heterocycles. The van der Waals surface area contributed by atoms with Gasteiger partial charge in [-0.05, 0) is 76.7 Å². The fourth-order valence-electron chi connectivity index (χ4n) is 7.76. The Hall–Kier alpha value is -4.12. The molecule has 1 aromatic rings. The van der Waals surface area contributed by atoms with Gasteiger partial charge in [-0.2, -0.15) is 0 Å². The van der Waals surface area contributed by atoms with Crippen LogP contribution in [0.15, 0.2) is 24.3 Å². The van der Waals surface area contributed by atoms with Crippen LogP contribution in [0.2, 0.25) is 0 Å². The Morgan fingerprint density at radius 1 is 0.915 bits per heavy atom. The second-order valence-corrected chi connectivity index (χ2v) is 16.8.